The predicted octanol–water partition coefficient (Wildman–Crippen LogP) is 1.69. The highest BCUT2D eigenvalue weighted by Crippen LogP contribution is 2.28. The molecular weight excluding hydrogens is 206 g/mol. The molecule has 0 aliphatic carbocycles. The standard InChI is InChI=1S/C11H17N3O2/c1-3-13(7-6-12)10-5-4-9(2)8-11(10)14(15)16/h4-5,8H,3,6-7,12H2,1-2H3. The zero-order chi connectivity index (χ0) is 12.1. The first-order chi connectivity index (χ1) is 7.60. The molecule has 0 fully saturated rings. The number of likely N-dealkylation sites (N-methyl/N-ethyl adjacent to an activating group) is 1. The maximum Gasteiger partial charge on any atom is 0.292 e. The molecule has 0 radical (unpaired) electrons. The molecule has 2 N–H and O–H groups in total. The van der Waals surface area contributed by atoms with Gasteiger partial charge in [0.2, 0.25) is 0 Å². The minimum Gasteiger partial charge on any atom is -0.365 e. The maximum atomic E-state index is 10.9. The van der Waals surface area contributed by atoms with Crippen molar-refractivity contribution in [3.05, 3.63) is 33.9 Å². The van der Waals surface area contributed by atoms with Gasteiger partial charge < -0.3 is 10.6 Å². The van der Waals surface area contributed by atoms with Gasteiger partial charge in [0.1, 0.15) is 5.69 Å². The lowest BCUT2D eigenvalue weighted by atomic mass is 10.1. The topological polar surface area (TPSA) is 72.4 Å². The van der Waals surface area contributed by atoms with E-state index in [-0.39, 0.29) is 10.6 Å². The number of nitrogens with zero attached hydrogens (tertiary/aromatic N) is 2. The van der Waals surface area contributed by atoms with Crippen LogP contribution in [0.4, 0.5) is 11.4 Å². The molecule has 5 nitrogen and oxygen atoms in total. The first-order valence-electron chi connectivity index (χ1n) is 5.30. The summed E-state index contributed by atoms with van der Waals surface area (Å²) in [6.45, 7) is 5.62. The monoisotopic (exact) mass is 223 g/mol. The van der Waals surface area contributed by atoms with Crippen LogP contribution in [-0.2, 0) is 0 Å². The Morgan fingerprint density at radius 2 is 2.19 bits per heavy atom. The minimum atomic E-state index is -0.346. The van der Waals surface area contributed by atoms with E-state index in [1.165, 1.54) is 0 Å². The molecule has 16 heavy (non-hydrogen) atoms. The van der Waals surface area contributed by atoms with E-state index < -0.39 is 0 Å². The first kappa shape index (κ1) is 12.4. The van der Waals surface area contributed by atoms with Crippen LogP contribution >= 0.6 is 0 Å². The van der Waals surface area contributed by atoms with Crippen molar-refractivity contribution in [3.8, 4) is 0 Å². The summed E-state index contributed by atoms with van der Waals surface area (Å²) in [5.41, 5.74) is 7.17. The van der Waals surface area contributed by atoms with Crippen molar-refractivity contribution in [1.82, 2.24) is 0 Å². The van der Waals surface area contributed by atoms with Crippen LogP contribution in [-0.4, -0.2) is 24.6 Å². The number of rotatable bonds is 5. The molecule has 0 unspecified atom stereocenters. The largest absolute Gasteiger partial charge is 0.365 e. The highest BCUT2D eigenvalue weighted by Gasteiger charge is 2.17. The molecular formula is C11H17N3O2. The van der Waals surface area contributed by atoms with Gasteiger partial charge in [-0.25, -0.2) is 0 Å². The molecule has 0 spiro atoms. The zero-order valence-corrected chi connectivity index (χ0v) is 9.64. The fraction of sp³-hybridized carbons (Fsp3) is 0.455. The van der Waals surface area contributed by atoms with Gasteiger partial charge in [0.25, 0.3) is 5.69 Å². The molecule has 0 bridgehead atoms. The average Bonchev–Trinajstić information content (AvgIpc) is 2.26. The van der Waals surface area contributed by atoms with Crippen LogP contribution in [0.1, 0.15) is 12.5 Å². The molecule has 0 amide bonds. The first-order valence-corrected chi connectivity index (χ1v) is 5.30. The van der Waals surface area contributed by atoms with Crippen molar-refractivity contribution in [1.29, 1.82) is 0 Å². The van der Waals surface area contributed by atoms with E-state index in [2.05, 4.69) is 0 Å². The van der Waals surface area contributed by atoms with E-state index in [1.807, 2.05) is 24.8 Å². The molecule has 0 aliphatic rings. The van der Waals surface area contributed by atoms with Crippen molar-refractivity contribution < 1.29 is 4.92 Å². The Labute approximate surface area is 95.0 Å². The highest BCUT2D eigenvalue weighted by atomic mass is 16.6. The number of nitrogens with two attached hydrogens (primary N) is 1. The summed E-state index contributed by atoms with van der Waals surface area (Å²) in [4.78, 5) is 12.5. The quantitative estimate of drug-likeness (QED) is 0.609. The maximum absolute atomic E-state index is 10.9. The summed E-state index contributed by atoms with van der Waals surface area (Å²) < 4.78 is 0. The van der Waals surface area contributed by atoms with Gasteiger partial charge in [-0.2, -0.15) is 0 Å². The van der Waals surface area contributed by atoms with Gasteiger partial charge in [-0.15, -0.1) is 0 Å². The Morgan fingerprint density at radius 3 is 2.69 bits per heavy atom. The van der Waals surface area contributed by atoms with Gasteiger partial charge in [-0.05, 0) is 25.5 Å². The Morgan fingerprint density at radius 1 is 1.50 bits per heavy atom. The Kier molecular flexibility index (Phi) is 4.25. The molecule has 88 valence electrons. The predicted molar refractivity (Wildman–Crippen MR) is 64.8 cm³/mol. The third kappa shape index (κ3) is 2.70. The van der Waals surface area contributed by atoms with Gasteiger partial charge in [-0.1, -0.05) is 6.07 Å². The van der Waals surface area contributed by atoms with Crippen molar-refractivity contribution in [2.45, 2.75) is 13.8 Å². The smallest absolute Gasteiger partial charge is 0.292 e. The fourth-order valence-corrected chi connectivity index (χ4v) is 1.65. The van der Waals surface area contributed by atoms with Gasteiger partial charge in [-0.3, -0.25) is 10.1 Å². The van der Waals surface area contributed by atoms with E-state index in [0.29, 0.717) is 25.3 Å². The van der Waals surface area contributed by atoms with Crippen LogP contribution in [0.3, 0.4) is 0 Å². The molecule has 0 aliphatic heterocycles. The molecule has 5 heteroatoms. The number of benzene rings is 1. The second-order valence-electron chi connectivity index (χ2n) is 3.62. The number of aryl methyl sites for hydroxylation is 1. The van der Waals surface area contributed by atoms with Gasteiger partial charge >= 0.3 is 0 Å². The van der Waals surface area contributed by atoms with Crippen molar-refractivity contribution >= 4 is 11.4 Å². The molecule has 0 atom stereocenters. The molecule has 1 rings (SSSR count). The highest BCUT2D eigenvalue weighted by molar-refractivity contribution is 5.64. The number of hydrogen-bond donors (Lipinski definition) is 1. The van der Waals surface area contributed by atoms with E-state index in [4.69, 9.17) is 5.73 Å². The average molecular weight is 223 g/mol. The Bertz CT molecular complexity index is 379. The van der Waals surface area contributed by atoms with Crippen molar-refractivity contribution in [2.24, 2.45) is 5.73 Å². The number of nitro groups is 1. The number of hydrogen-bond acceptors (Lipinski definition) is 4. The lowest BCUT2D eigenvalue weighted by Crippen LogP contribution is -2.29. The van der Waals surface area contributed by atoms with Gasteiger partial charge in [0.15, 0.2) is 0 Å². The molecule has 1 aromatic rings. The van der Waals surface area contributed by atoms with E-state index in [9.17, 15) is 10.1 Å². The van der Waals surface area contributed by atoms with Crippen LogP contribution in [0.5, 0.6) is 0 Å². The Balaban J connectivity index is 3.14. The second kappa shape index (κ2) is 5.46. The van der Waals surface area contributed by atoms with Crippen LogP contribution in [0.2, 0.25) is 0 Å². The lowest BCUT2D eigenvalue weighted by Gasteiger charge is -2.22. The molecule has 0 saturated heterocycles. The second-order valence-corrected chi connectivity index (χ2v) is 3.62. The summed E-state index contributed by atoms with van der Waals surface area (Å²) in [6, 6.07) is 5.25. The summed E-state index contributed by atoms with van der Waals surface area (Å²) >= 11 is 0. The van der Waals surface area contributed by atoms with Crippen LogP contribution < -0.4 is 10.6 Å². The van der Waals surface area contributed by atoms with Crippen LogP contribution in [0, 0.1) is 17.0 Å². The minimum absolute atomic E-state index is 0.148. The lowest BCUT2D eigenvalue weighted by molar-refractivity contribution is -0.384. The van der Waals surface area contributed by atoms with E-state index >= 15 is 0 Å². The summed E-state index contributed by atoms with van der Waals surface area (Å²) in [6.07, 6.45) is 0. The molecule has 0 saturated carbocycles. The SMILES string of the molecule is CCN(CCN)c1ccc(C)cc1[N+](=O)[O-]. The third-order valence-corrected chi connectivity index (χ3v) is 2.45. The van der Waals surface area contributed by atoms with Crippen LogP contribution in [0.15, 0.2) is 18.2 Å². The third-order valence-electron chi connectivity index (χ3n) is 2.45. The van der Waals surface area contributed by atoms with Crippen molar-refractivity contribution in [2.75, 3.05) is 24.5 Å². The van der Waals surface area contributed by atoms with Crippen LogP contribution in [0.25, 0.3) is 0 Å². The van der Waals surface area contributed by atoms with Gasteiger partial charge in [0, 0.05) is 25.7 Å². The van der Waals surface area contributed by atoms with Gasteiger partial charge in [0.05, 0.1) is 4.92 Å². The van der Waals surface area contributed by atoms with Crippen molar-refractivity contribution in [3.63, 3.8) is 0 Å². The number of nitro benzene ring substituents is 1. The van der Waals surface area contributed by atoms with E-state index in [0.717, 1.165) is 5.56 Å². The molecule has 1 aromatic carbocycles. The van der Waals surface area contributed by atoms with E-state index in [1.54, 1.807) is 12.1 Å². The molecule has 0 aromatic heterocycles. The number of anilines is 1. The summed E-state index contributed by atoms with van der Waals surface area (Å²) in [7, 11) is 0. The normalized spacial score (nSPS) is 10.2. The summed E-state index contributed by atoms with van der Waals surface area (Å²) in [5.74, 6) is 0. The zero-order valence-electron chi connectivity index (χ0n) is 9.64. The fourth-order valence-electron chi connectivity index (χ4n) is 1.65. The Hall–Kier alpha value is -1.62. The molecule has 0 heterocycles. The summed E-state index contributed by atoms with van der Waals surface area (Å²) in [5, 5.41) is 10.9.